The summed E-state index contributed by atoms with van der Waals surface area (Å²) >= 11 is 0. The molecule has 0 heterocycles. The molecular formula is C14H18FN. The van der Waals surface area contributed by atoms with Crippen molar-refractivity contribution in [1.82, 2.24) is 0 Å². The van der Waals surface area contributed by atoms with Crippen LogP contribution in [-0.4, -0.2) is 6.04 Å². The van der Waals surface area contributed by atoms with E-state index in [2.05, 4.69) is 0 Å². The number of halogens is 1. The normalized spacial score (nSPS) is 41.6. The van der Waals surface area contributed by atoms with E-state index in [1.54, 1.807) is 0 Å². The number of rotatable bonds is 1. The van der Waals surface area contributed by atoms with Crippen molar-refractivity contribution < 1.29 is 4.39 Å². The molecule has 2 aliphatic carbocycles. The largest absolute Gasteiger partial charge is 0.328 e. The molecule has 16 heavy (non-hydrogen) atoms. The van der Waals surface area contributed by atoms with Crippen LogP contribution in [0.2, 0.25) is 0 Å². The van der Waals surface area contributed by atoms with Crippen LogP contribution in [-0.2, 0) is 5.67 Å². The van der Waals surface area contributed by atoms with E-state index in [1.165, 1.54) is 0 Å². The molecule has 1 spiro atoms. The minimum absolute atomic E-state index is 0.248. The van der Waals surface area contributed by atoms with Gasteiger partial charge in [0.25, 0.3) is 0 Å². The molecule has 0 bridgehead atoms. The summed E-state index contributed by atoms with van der Waals surface area (Å²) in [7, 11) is 0. The first kappa shape index (κ1) is 10.3. The first-order valence-corrected chi connectivity index (χ1v) is 6.03. The van der Waals surface area contributed by atoms with Crippen molar-refractivity contribution in [3.8, 4) is 0 Å². The average molecular weight is 219 g/mol. The van der Waals surface area contributed by atoms with Crippen LogP contribution in [0, 0.1) is 12.3 Å². The van der Waals surface area contributed by atoms with Crippen molar-refractivity contribution in [2.24, 2.45) is 11.1 Å². The molecule has 2 saturated carbocycles. The van der Waals surface area contributed by atoms with Gasteiger partial charge in [-0.3, -0.25) is 0 Å². The van der Waals surface area contributed by atoms with Crippen molar-refractivity contribution in [1.29, 1.82) is 0 Å². The molecule has 0 amide bonds. The lowest BCUT2D eigenvalue weighted by Crippen LogP contribution is -2.58. The molecular weight excluding hydrogens is 201 g/mol. The molecule has 1 aromatic carbocycles. The molecule has 3 rings (SSSR count). The van der Waals surface area contributed by atoms with Gasteiger partial charge in [0.05, 0.1) is 0 Å². The highest BCUT2D eigenvalue weighted by Crippen LogP contribution is 2.65. The molecule has 2 fully saturated rings. The van der Waals surface area contributed by atoms with Crippen LogP contribution < -0.4 is 5.73 Å². The van der Waals surface area contributed by atoms with Gasteiger partial charge in [0.2, 0.25) is 0 Å². The maximum Gasteiger partial charge on any atom is 0.137 e. The first-order chi connectivity index (χ1) is 7.51. The van der Waals surface area contributed by atoms with Crippen LogP contribution in [0.15, 0.2) is 24.3 Å². The molecule has 1 aromatic rings. The van der Waals surface area contributed by atoms with E-state index < -0.39 is 5.67 Å². The molecule has 2 aliphatic rings. The molecule has 0 atom stereocenters. The van der Waals surface area contributed by atoms with Gasteiger partial charge in [-0.15, -0.1) is 0 Å². The Hall–Kier alpha value is -0.890. The Labute approximate surface area is 95.8 Å². The van der Waals surface area contributed by atoms with E-state index in [9.17, 15) is 4.39 Å². The Balaban J connectivity index is 1.77. The van der Waals surface area contributed by atoms with Crippen molar-refractivity contribution in [3.63, 3.8) is 0 Å². The fraction of sp³-hybridized carbons (Fsp3) is 0.571. The summed E-state index contributed by atoms with van der Waals surface area (Å²) in [4.78, 5) is 0. The summed E-state index contributed by atoms with van der Waals surface area (Å²) < 4.78 is 14.6. The Morgan fingerprint density at radius 2 is 2.00 bits per heavy atom. The maximum atomic E-state index is 14.6. The Morgan fingerprint density at radius 3 is 2.56 bits per heavy atom. The molecule has 0 radical (unpaired) electrons. The van der Waals surface area contributed by atoms with Gasteiger partial charge in [0, 0.05) is 6.04 Å². The predicted molar refractivity (Wildman–Crippen MR) is 62.8 cm³/mol. The molecule has 0 aromatic heterocycles. The van der Waals surface area contributed by atoms with Gasteiger partial charge in [-0.1, -0.05) is 29.8 Å². The maximum absolute atomic E-state index is 14.6. The highest BCUT2D eigenvalue weighted by molar-refractivity contribution is 5.32. The number of nitrogens with two attached hydrogens (primary N) is 1. The zero-order chi connectivity index (χ0) is 11.4. The van der Waals surface area contributed by atoms with Gasteiger partial charge >= 0.3 is 0 Å². The lowest BCUT2D eigenvalue weighted by atomic mass is 9.48. The summed E-state index contributed by atoms with van der Waals surface area (Å²) in [6.07, 6.45) is 3.39. The van der Waals surface area contributed by atoms with Crippen molar-refractivity contribution >= 4 is 0 Å². The van der Waals surface area contributed by atoms with Crippen LogP contribution in [0.3, 0.4) is 0 Å². The molecule has 2 N–H and O–H groups in total. The lowest BCUT2D eigenvalue weighted by Gasteiger charge is -2.59. The monoisotopic (exact) mass is 219 g/mol. The van der Waals surface area contributed by atoms with E-state index in [0.717, 1.165) is 24.0 Å². The van der Waals surface area contributed by atoms with Crippen LogP contribution >= 0.6 is 0 Å². The van der Waals surface area contributed by atoms with Gasteiger partial charge in [-0.25, -0.2) is 4.39 Å². The van der Waals surface area contributed by atoms with Gasteiger partial charge in [0.1, 0.15) is 5.67 Å². The van der Waals surface area contributed by atoms with E-state index in [0.29, 0.717) is 18.9 Å². The highest BCUT2D eigenvalue weighted by Gasteiger charge is 2.60. The highest BCUT2D eigenvalue weighted by atomic mass is 19.1. The summed E-state index contributed by atoms with van der Waals surface area (Å²) in [5.74, 6) is 0. The summed E-state index contributed by atoms with van der Waals surface area (Å²) in [5.41, 5.74) is 6.96. The van der Waals surface area contributed by atoms with E-state index in [4.69, 9.17) is 5.73 Å². The number of benzene rings is 1. The van der Waals surface area contributed by atoms with Crippen molar-refractivity contribution in [2.45, 2.75) is 44.3 Å². The molecule has 0 saturated heterocycles. The predicted octanol–water partition coefficient (Wildman–Crippen LogP) is 3.06. The molecule has 1 nitrogen and oxygen atoms in total. The Morgan fingerprint density at radius 1 is 1.31 bits per heavy atom. The second-order valence-corrected chi connectivity index (χ2v) is 5.86. The smallest absolute Gasteiger partial charge is 0.137 e. The Kier molecular flexibility index (Phi) is 1.97. The first-order valence-electron chi connectivity index (χ1n) is 6.03. The number of aryl methyl sites for hydroxylation is 1. The van der Waals surface area contributed by atoms with Crippen molar-refractivity contribution in [3.05, 3.63) is 35.4 Å². The summed E-state index contributed by atoms with van der Waals surface area (Å²) in [5, 5.41) is 0. The zero-order valence-electron chi connectivity index (χ0n) is 9.67. The fourth-order valence-corrected chi connectivity index (χ4v) is 3.61. The van der Waals surface area contributed by atoms with Crippen molar-refractivity contribution in [2.75, 3.05) is 0 Å². The number of alkyl halides is 1. The molecule has 86 valence electrons. The second-order valence-electron chi connectivity index (χ2n) is 5.86. The molecule has 2 heteroatoms. The second kappa shape index (κ2) is 3.07. The quantitative estimate of drug-likeness (QED) is 0.771. The minimum Gasteiger partial charge on any atom is -0.328 e. The topological polar surface area (TPSA) is 26.0 Å². The summed E-state index contributed by atoms with van der Waals surface area (Å²) in [6.45, 7) is 2.01. The van der Waals surface area contributed by atoms with E-state index in [-0.39, 0.29) is 5.41 Å². The van der Waals surface area contributed by atoms with Gasteiger partial charge in [-0.2, -0.15) is 0 Å². The van der Waals surface area contributed by atoms with Crippen LogP contribution in [0.25, 0.3) is 0 Å². The van der Waals surface area contributed by atoms with Crippen LogP contribution in [0.4, 0.5) is 4.39 Å². The lowest BCUT2D eigenvalue weighted by molar-refractivity contribution is -0.127. The third-order valence-electron chi connectivity index (χ3n) is 4.24. The molecule has 0 aliphatic heterocycles. The van der Waals surface area contributed by atoms with E-state index >= 15 is 0 Å². The van der Waals surface area contributed by atoms with Gasteiger partial charge in [-0.05, 0) is 43.6 Å². The zero-order valence-corrected chi connectivity index (χ0v) is 9.67. The minimum atomic E-state index is -1.08. The average Bonchev–Trinajstić information content (AvgIpc) is 2.13. The third kappa shape index (κ3) is 1.40. The third-order valence-corrected chi connectivity index (χ3v) is 4.24. The fourth-order valence-electron chi connectivity index (χ4n) is 3.61. The van der Waals surface area contributed by atoms with Crippen LogP contribution in [0.5, 0.6) is 0 Å². The van der Waals surface area contributed by atoms with Gasteiger partial charge in [0.15, 0.2) is 0 Å². The Bertz CT molecular complexity index is 412. The summed E-state index contributed by atoms with van der Waals surface area (Å²) in [6, 6.07) is 8.18. The number of hydrogen-bond acceptors (Lipinski definition) is 1. The standard InChI is InChI=1S/C14H18FN/c1-10-3-2-4-11(5-10)14(15)8-13(9-14)6-12(16)7-13/h2-5,12H,6-9,16H2,1H3. The van der Waals surface area contributed by atoms with Crippen LogP contribution in [0.1, 0.15) is 36.8 Å². The number of hydrogen-bond donors (Lipinski definition) is 1. The van der Waals surface area contributed by atoms with Gasteiger partial charge < -0.3 is 5.73 Å². The SMILES string of the molecule is Cc1cccc(C2(F)CC3(CC(N)C3)C2)c1. The molecule has 0 unspecified atom stereocenters. The van der Waals surface area contributed by atoms with E-state index in [1.807, 2.05) is 31.2 Å².